The minimum atomic E-state index is -0.715. The Hall–Kier alpha value is -1.06. The molecule has 2 aliphatic heterocycles. The molecule has 33 heavy (non-hydrogen) atoms. The lowest BCUT2D eigenvalue weighted by atomic mass is 9.35. The van der Waals surface area contributed by atoms with Crippen LogP contribution in [0.5, 0.6) is 5.75 Å². The summed E-state index contributed by atoms with van der Waals surface area (Å²) in [6, 6.07) is 5.48. The van der Waals surface area contributed by atoms with Crippen molar-refractivity contribution in [3.63, 3.8) is 0 Å². The number of piperidine rings is 1. The third-order valence-electron chi connectivity index (χ3n) is 12.8. The predicted octanol–water partition coefficient (Wildman–Crippen LogP) is 5.39. The highest BCUT2D eigenvalue weighted by Crippen LogP contribution is 2.86. The van der Waals surface area contributed by atoms with Crippen molar-refractivity contribution in [2.24, 2.45) is 28.1 Å². The smallest absolute Gasteiger partial charge is 0.126 e. The Kier molecular flexibility index (Phi) is 3.19. The van der Waals surface area contributed by atoms with Gasteiger partial charge in [-0.1, -0.05) is 39.8 Å². The van der Waals surface area contributed by atoms with Gasteiger partial charge in [0.2, 0.25) is 0 Å². The van der Waals surface area contributed by atoms with Crippen LogP contribution in [0.1, 0.15) is 89.8 Å². The molecule has 5 saturated carbocycles. The lowest BCUT2D eigenvalue weighted by Crippen LogP contribution is -2.73. The number of nitrogens with zero attached hydrogens (tertiary/aromatic N) is 1. The first-order valence-electron chi connectivity index (χ1n) is 13.7. The largest absolute Gasteiger partial charge is 0.488 e. The maximum Gasteiger partial charge on any atom is 0.126 e. The number of fused-ring (bicyclic) bond motifs is 2. The van der Waals surface area contributed by atoms with Gasteiger partial charge in [-0.15, -0.1) is 0 Å². The van der Waals surface area contributed by atoms with Gasteiger partial charge in [0.25, 0.3) is 0 Å². The van der Waals surface area contributed by atoms with Crippen LogP contribution < -0.4 is 4.74 Å². The van der Waals surface area contributed by atoms with Gasteiger partial charge in [0.05, 0.1) is 5.60 Å². The number of aryl methyl sites for hydroxylation is 1. The molecule has 1 aromatic rings. The highest BCUT2D eigenvalue weighted by molar-refractivity contribution is 5.65. The van der Waals surface area contributed by atoms with Crippen molar-refractivity contribution in [1.29, 1.82) is 0 Å². The average Bonchev–Trinajstić information content (AvgIpc) is 3.59. The molecule has 1 aromatic carbocycles. The molecule has 6 fully saturated rings. The molecule has 9 rings (SSSR count). The fourth-order valence-electron chi connectivity index (χ4n) is 10.8. The lowest BCUT2D eigenvalue weighted by molar-refractivity contribution is -0.246. The van der Waals surface area contributed by atoms with E-state index < -0.39 is 5.60 Å². The van der Waals surface area contributed by atoms with Gasteiger partial charge in [0, 0.05) is 39.9 Å². The maximum atomic E-state index is 12.2. The fourth-order valence-corrected chi connectivity index (χ4v) is 10.8. The van der Waals surface area contributed by atoms with Crippen LogP contribution in [-0.4, -0.2) is 39.8 Å². The highest BCUT2D eigenvalue weighted by Gasteiger charge is 2.91. The van der Waals surface area contributed by atoms with Crippen LogP contribution in [0.2, 0.25) is 0 Å². The number of rotatable bonds is 3. The van der Waals surface area contributed by atoms with Gasteiger partial charge in [0.15, 0.2) is 0 Å². The summed E-state index contributed by atoms with van der Waals surface area (Å²) in [5.74, 6) is 2.44. The zero-order valence-corrected chi connectivity index (χ0v) is 21.4. The third-order valence-corrected chi connectivity index (χ3v) is 12.8. The molecule has 3 nitrogen and oxygen atoms in total. The number of hydrogen-bond donors (Lipinski definition) is 1. The second-order valence-corrected chi connectivity index (χ2v) is 15.0. The highest BCUT2D eigenvalue weighted by atomic mass is 16.5. The molecule has 3 spiro atoms. The van der Waals surface area contributed by atoms with E-state index in [-0.39, 0.29) is 33.7 Å². The van der Waals surface area contributed by atoms with Crippen LogP contribution in [0.3, 0.4) is 0 Å². The van der Waals surface area contributed by atoms with Gasteiger partial charge in [-0.2, -0.15) is 0 Å². The van der Waals surface area contributed by atoms with Gasteiger partial charge >= 0.3 is 0 Å². The van der Waals surface area contributed by atoms with Crippen LogP contribution >= 0.6 is 0 Å². The summed E-state index contributed by atoms with van der Waals surface area (Å²) in [6.45, 7) is 14.9. The molecule has 6 aliphatic carbocycles. The maximum absolute atomic E-state index is 12.2. The summed E-state index contributed by atoms with van der Waals surface area (Å²) in [5.41, 5.74) is 4.47. The van der Waals surface area contributed by atoms with Crippen molar-refractivity contribution >= 4 is 0 Å². The van der Waals surface area contributed by atoms with Gasteiger partial charge in [-0.25, -0.2) is 0 Å². The Morgan fingerprint density at radius 2 is 1.91 bits per heavy atom. The zero-order chi connectivity index (χ0) is 23.0. The van der Waals surface area contributed by atoms with Crippen LogP contribution in [0.25, 0.3) is 0 Å². The van der Waals surface area contributed by atoms with Crippen molar-refractivity contribution in [1.82, 2.24) is 4.90 Å². The Bertz CT molecular complexity index is 1110. The Balaban J connectivity index is 1.37. The molecule has 3 heteroatoms. The van der Waals surface area contributed by atoms with Crippen LogP contribution in [0.15, 0.2) is 12.1 Å². The molecule has 0 aromatic heterocycles. The molecule has 1 N–H and O–H groups in total. The summed E-state index contributed by atoms with van der Waals surface area (Å²) in [4.78, 5) is 2.98. The first-order chi connectivity index (χ1) is 15.4. The van der Waals surface area contributed by atoms with E-state index in [1.165, 1.54) is 62.8 Å². The molecule has 0 amide bonds. The molecule has 4 bridgehead atoms. The second-order valence-electron chi connectivity index (χ2n) is 15.0. The first kappa shape index (κ1) is 20.2. The molecule has 9 atom stereocenters. The minimum Gasteiger partial charge on any atom is -0.488 e. The van der Waals surface area contributed by atoms with Gasteiger partial charge in [0.1, 0.15) is 11.9 Å². The fraction of sp³-hybridized carbons (Fsp3) is 0.800. The normalized spacial score (nSPS) is 51.6. The average molecular weight is 448 g/mol. The van der Waals surface area contributed by atoms with Crippen molar-refractivity contribution in [2.45, 2.75) is 115 Å². The summed E-state index contributed by atoms with van der Waals surface area (Å²) < 4.78 is 7.19. The summed E-state index contributed by atoms with van der Waals surface area (Å²) in [6.07, 6.45) is 9.31. The van der Waals surface area contributed by atoms with Gasteiger partial charge < -0.3 is 9.84 Å². The van der Waals surface area contributed by atoms with E-state index in [1.807, 2.05) is 0 Å². The van der Waals surface area contributed by atoms with E-state index in [0.717, 1.165) is 5.92 Å². The van der Waals surface area contributed by atoms with E-state index >= 15 is 0 Å². The monoisotopic (exact) mass is 447 g/mol. The second kappa shape index (κ2) is 5.21. The number of aliphatic hydroxyl groups is 1. The number of ether oxygens (including phenoxy) is 1. The van der Waals surface area contributed by atoms with Crippen molar-refractivity contribution < 1.29 is 9.84 Å². The Morgan fingerprint density at radius 1 is 1.15 bits per heavy atom. The summed E-state index contributed by atoms with van der Waals surface area (Å²) in [7, 11) is 0. The molecule has 8 aliphatic rings. The van der Waals surface area contributed by atoms with Crippen molar-refractivity contribution in [3.8, 4) is 5.75 Å². The van der Waals surface area contributed by atoms with Crippen molar-refractivity contribution in [2.75, 3.05) is 6.54 Å². The van der Waals surface area contributed by atoms with Gasteiger partial charge in [-0.3, -0.25) is 4.90 Å². The molecular weight excluding hydrogens is 406 g/mol. The number of hydrogen-bond acceptors (Lipinski definition) is 3. The third kappa shape index (κ3) is 1.86. The van der Waals surface area contributed by atoms with Crippen LogP contribution in [0, 0.1) is 35.0 Å². The summed E-state index contributed by atoms with van der Waals surface area (Å²) in [5, 5.41) is 12.2. The SMILES string of the molecule is Cc1ccc2c3c1OC1C4(C)CCC5(CC4C(C)(O)C(C)(C)C)[C@@H]4[N@](CC6CC6)C4(C2)C[C@]315. The Labute approximate surface area is 199 Å². The molecule has 178 valence electrons. The quantitative estimate of drug-likeness (QED) is 0.631. The van der Waals surface area contributed by atoms with E-state index in [2.05, 4.69) is 58.6 Å². The van der Waals surface area contributed by atoms with Crippen molar-refractivity contribution in [3.05, 3.63) is 28.8 Å². The number of likely N-dealkylation sites (tertiary alicyclic amines) is 1. The molecular formula is C30H41NO2. The Morgan fingerprint density at radius 3 is 2.61 bits per heavy atom. The summed E-state index contributed by atoms with van der Waals surface area (Å²) >= 11 is 0. The standard InChI is InChI=1S/C30H41NO2/c1-17-7-10-19-13-29-16-30-21(19)22(17)33-24(30)26(5)11-12-28(30,23(29)31(29)15-18-8-9-18)14-20(26)27(6,32)25(2,3)4/h7,10,18,20,23-24,32H,8-9,11-16H2,1-6H3/t20?,23-,24?,26?,27?,28?,29?,30-,31-/m0/s1. The lowest BCUT2D eigenvalue weighted by Gasteiger charge is -2.70. The van der Waals surface area contributed by atoms with E-state index in [0.29, 0.717) is 11.6 Å². The number of benzene rings is 1. The van der Waals surface area contributed by atoms with Crippen LogP contribution in [0.4, 0.5) is 0 Å². The topological polar surface area (TPSA) is 32.5 Å². The molecule has 6 unspecified atom stereocenters. The van der Waals surface area contributed by atoms with E-state index in [4.69, 9.17) is 4.74 Å². The minimum absolute atomic E-state index is 0.0118. The zero-order valence-electron chi connectivity index (χ0n) is 21.4. The molecule has 0 radical (unpaired) electrons. The van der Waals surface area contributed by atoms with E-state index in [1.54, 1.807) is 11.1 Å². The first-order valence-corrected chi connectivity index (χ1v) is 13.7. The van der Waals surface area contributed by atoms with E-state index in [9.17, 15) is 5.11 Å². The molecule has 1 saturated heterocycles. The van der Waals surface area contributed by atoms with Crippen LogP contribution in [-0.2, 0) is 11.8 Å². The van der Waals surface area contributed by atoms with Gasteiger partial charge in [-0.05, 0) is 87.2 Å². The molecule has 2 heterocycles. The predicted molar refractivity (Wildman–Crippen MR) is 130 cm³/mol.